The molecule has 194 valence electrons. The minimum absolute atomic E-state index is 0. The van der Waals surface area contributed by atoms with E-state index >= 15 is 0 Å². The molecule has 0 aliphatic heterocycles. The van der Waals surface area contributed by atoms with E-state index in [1.54, 1.807) is 4.57 Å². The molecule has 9 heteroatoms. The van der Waals surface area contributed by atoms with E-state index < -0.39 is 5.76 Å². The third-order valence-corrected chi connectivity index (χ3v) is 6.16. The molecule has 0 saturated heterocycles. The lowest BCUT2D eigenvalue weighted by Gasteiger charge is -2.16. The second-order valence-corrected chi connectivity index (χ2v) is 8.63. The summed E-state index contributed by atoms with van der Waals surface area (Å²) in [6.45, 7) is 4.45. The molecule has 3 aromatic carbocycles. The van der Waals surface area contributed by atoms with E-state index in [1.165, 1.54) is 0 Å². The number of nitrogens with zero attached hydrogens (tertiary/aromatic N) is 3. The van der Waals surface area contributed by atoms with Crippen LogP contribution >= 0.6 is 17.0 Å². The van der Waals surface area contributed by atoms with E-state index in [1.807, 2.05) is 92.7 Å². The quantitative estimate of drug-likeness (QED) is 0.274. The summed E-state index contributed by atoms with van der Waals surface area (Å²) in [5.41, 5.74) is 5.79. The summed E-state index contributed by atoms with van der Waals surface area (Å²) in [4.78, 5) is 32.3. The molecule has 0 radical (unpaired) electrons. The Morgan fingerprint density at radius 2 is 1.58 bits per heavy atom. The van der Waals surface area contributed by atoms with Gasteiger partial charge in [0.05, 0.1) is 18.8 Å². The maximum Gasteiger partial charge on any atom is 0.439 e. The summed E-state index contributed by atoms with van der Waals surface area (Å²) >= 11 is 0. The van der Waals surface area contributed by atoms with Crippen LogP contribution < -0.4 is 16.1 Å². The average molecular weight is 575 g/mol. The predicted octanol–water partition coefficient (Wildman–Crippen LogP) is 5.18. The van der Waals surface area contributed by atoms with Crippen molar-refractivity contribution in [3.8, 4) is 28.5 Å². The fourth-order valence-electron chi connectivity index (χ4n) is 4.32. The molecule has 0 amide bonds. The van der Waals surface area contributed by atoms with Gasteiger partial charge in [-0.05, 0) is 36.1 Å². The Morgan fingerprint density at radius 1 is 0.895 bits per heavy atom. The number of H-pyrrole nitrogens is 1. The van der Waals surface area contributed by atoms with Crippen molar-refractivity contribution in [2.75, 3.05) is 6.61 Å². The first-order valence-corrected chi connectivity index (χ1v) is 12.0. The van der Waals surface area contributed by atoms with E-state index in [9.17, 15) is 9.59 Å². The van der Waals surface area contributed by atoms with Crippen LogP contribution in [0.3, 0.4) is 0 Å². The fraction of sp³-hybridized carbons (Fsp3) is 0.172. The van der Waals surface area contributed by atoms with Gasteiger partial charge in [-0.15, -0.1) is 17.0 Å². The molecule has 0 aliphatic rings. The Kier molecular flexibility index (Phi) is 8.38. The lowest BCUT2D eigenvalue weighted by molar-refractivity contribution is 0.290. The second-order valence-electron chi connectivity index (χ2n) is 8.63. The van der Waals surface area contributed by atoms with Crippen LogP contribution in [0, 0.1) is 6.92 Å². The summed E-state index contributed by atoms with van der Waals surface area (Å²) in [5.74, 6) is -0.233. The van der Waals surface area contributed by atoms with Crippen LogP contribution in [0.4, 0.5) is 0 Å². The summed E-state index contributed by atoms with van der Waals surface area (Å²) in [6.07, 6.45) is 0.505. The van der Waals surface area contributed by atoms with Gasteiger partial charge in [0.1, 0.15) is 0 Å². The highest BCUT2D eigenvalue weighted by atomic mass is 79.9. The average Bonchev–Trinajstić information content (AvgIpc) is 3.36. The van der Waals surface area contributed by atoms with Crippen LogP contribution in [-0.2, 0) is 13.0 Å². The predicted molar refractivity (Wildman–Crippen MR) is 151 cm³/mol. The smallest absolute Gasteiger partial charge is 0.439 e. The van der Waals surface area contributed by atoms with E-state index in [-0.39, 0.29) is 22.5 Å². The molecule has 0 saturated carbocycles. The number of rotatable bonds is 8. The fourth-order valence-corrected chi connectivity index (χ4v) is 4.32. The first-order chi connectivity index (χ1) is 18.0. The standard InChI is InChI=1S/C29H26N4O4.BrH/c1-3-36-28-30-19(2)25(17-20-9-5-4-6-10-20)27(34)33(28)18-21-13-15-22(16-14-21)23-11-7-8-12-24(23)26-31-29(35)37-32-26;/h4-16H,3,17-18H2,1-2H3,(H,31,32,35);1H. The minimum atomic E-state index is -0.603. The van der Waals surface area contributed by atoms with Crippen molar-refractivity contribution in [1.29, 1.82) is 0 Å². The topological polar surface area (TPSA) is 103 Å². The van der Waals surface area contributed by atoms with Gasteiger partial charge in [-0.2, -0.15) is 0 Å². The van der Waals surface area contributed by atoms with Crippen LogP contribution in [0.15, 0.2) is 93.0 Å². The van der Waals surface area contributed by atoms with Crippen molar-refractivity contribution in [3.05, 3.63) is 122 Å². The van der Waals surface area contributed by atoms with Gasteiger partial charge in [0.2, 0.25) is 0 Å². The molecule has 0 spiro atoms. The molecule has 8 nitrogen and oxygen atoms in total. The molecule has 0 fully saturated rings. The molecular weight excluding hydrogens is 548 g/mol. The number of aromatic nitrogens is 4. The highest BCUT2D eigenvalue weighted by molar-refractivity contribution is 8.93. The van der Waals surface area contributed by atoms with Gasteiger partial charge in [-0.25, -0.2) is 9.78 Å². The Labute approximate surface area is 229 Å². The molecule has 2 aromatic heterocycles. The van der Waals surface area contributed by atoms with Gasteiger partial charge in [0, 0.05) is 17.5 Å². The first kappa shape index (κ1) is 26.8. The minimum Gasteiger partial charge on any atom is -0.465 e. The number of hydrogen-bond donors (Lipinski definition) is 1. The Morgan fingerprint density at radius 3 is 2.24 bits per heavy atom. The SMILES string of the molecule is Br.CCOc1nc(C)c(Cc2ccccc2)c(=O)n1Cc1ccc(-c2ccccc2-c2noc(=O)[nH]2)cc1. The van der Waals surface area contributed by atoms with Crippen LogP contribution in [0.1, 0.15) is 29.3 Å². The number of ether oxygens (including phenoxy) is 1. The zero-order valence-corrected chi connectivity index (χ0v) is 22.7. The maximum atomic E-state index is 13.6. The van der Waals surface area contributed by atoms with Crippen LogP contribution in [0.25, 0.3) is 22.5 Å². The van der Waals surface area contributed by atoms with Crippen molar-refractivity contribution in [1.82, 2.24) is 19.7 Å². The van der Waals surface area contributed by atoms with E-state index in [0.29, 0.717) is 42.7 Å². The summed E-state index contributed by atoms with van der Waals surface area (Å²) in [5, 5.41) is 3.83. The van der Waals surface area contributed by atoms with Crippen molar-refractivity contribution in [3.63, 3.8) is 0 Å². The molecule has 0 bridgehead atoms. The molecular formula is C29H27BrN4O4. The van der Waals surface area contributed by atoms with E-state index in [4.69, 9.17) is 4.74 Å². The maximum absolute atomic E-state index is 13.6. The number of halogens is 1. The number of aromatic amines is 1. The van der Waals surface area contributed by atoms with E-state index in [2.05, 4.69) is 19.6 Å². The molecule has 0 atom stereocenters. The molecule has 2 heterocycles. The lowest BCUT2D eigenvalue weighted by Crippen LogP contribution is -2.28. The summed E-state index contributed by atoms with van der Waals surface area (Å²) in [7, 11) is 0. The van der Waals surface area contributed by atoms with Gasteiger partial charge < -0.3 is 4.74 Å². The Balaban J connectivity index is 0.00000336. The summed E-state index contributed by atoms with van der Waals surface area (Å²) in [6, 6.07) is 25.7. The molecule has 5 aromatic rings. The van der Waals surface area contributed by atoms with Gasteiger partial charge in [0.15, 0.2) is 5.82 Å². The summed E-state index contributed by atoms with van der Waals surface area (Å²) < 4.78 is 12.0. The number of aryl methyl sites for hydroxylation is 1. The molecule has 5 rings (SSSR count). The highest BCUT2D eigenvalue weighted by Crippen LogP contribution is 2.30. The molecule has 0 unspecified atom stereocenters. The van der Waals surface area contributed by atoms with Crippen molar-refractivity contribution in [2.24, 2.45) is 0 Å². The Bertz CT molecular complexity index is 1640. The van der Waals surface area contributed by atoms with Gasteiger partial charge >= 0.3 is 5.76 Å². The van der Waals surface area contributed by atoms with Crippen LogP contribution in [-0.4, -0.2) is 26.3 Å². The van der Waals surface area contributed by atoms with Gasteiger partial charge in [-0.1, -0.05) is 84.0 Å². The third-order valence-electron chi connectivity index (χ3n) is 6.16. The zero-order chi connectivity index (χ0) is 25.8. The number of hydrogen-bond acceptors (Lipinski definition) is 6. The van der Waals surface area contributed by atoms with E-state index in [0.717, 1.165) is 27.8 Å². The largest absolute Gasteiger partial charge is 0.465 e. The molecule has 0 aliphatic carbocycles. The normalized spacial score (nSPS) is 10.7. The second kappa shape index (κ2) is 11.9. The first-order valence-electron chi connectivity index (χ1n) is 12.0. The van der Waals surface area contributed by atoms with Crippen molar-refractivity contribution < 1.29 is 9.26 Å². The number of benzene rings is 3. The monoisotopic (exact) mass is 574 g/mol. The third kappa shape index (κ3) is 5.68. The van der Waals surface area contributed by atoms with Crippen molar-refractivity contribution in [2.45, 2.75) is 26.8 Å². The Hall–Kier alpha value is -4.24. The van der Waals surface area contributed by atoms with Crippen LogP contribution in [0.2, 0.25) is 0 Å². The van der Waals surface area contributed by atoms with Crippen LogP contribution in [0.5, 0.6) is 6.01 Å². The highest BCUT2D eigenvalue weighted by Gasteiger charge is 2.17. The van der Waals surface area contributed by atoms with Gasteiger partial charge in [0.25, 0.3) is 11.6 Å². The number of nitrogens with one attached hydrogen (secondary N) is 1. The zero-order valence-electron chi connectivity index (χ0n) is 21.0. The lowest BCUT2D eigenvalue weighted by atomic mass is 9.98. The van der Waals surface area contributed by atoms with Crippen molar-refractivity contribution >= 4 is 17.0 Å². The molecule has 38 heavy (non-hydrogen) atoms. The van der Waals surface area contributed by atoms with Gasteiger partial charge in [-0.3, -0.25) is 18.9 Å². The molecule has 1 N–H and O–H groups in total.